The predicted octanol–water partition coefficient (Wildman–Crippen LogP) is 4.77. The Balaban J connectivity index is 1.61. The molecule has 1 N–H and O–H groups in total. The molecular formula is C17H28F3N. The molecule has 0 saturated heterocycles. The van der Waals surface area contributed by atoms with Gasteiger partial charge in [-0.05, 0) is 81.1 Å². The first-order valence-corrected chi connectivity index (χ1v) is 8.76. The summed E-state index contributed by atoms with van der Waals surface area (Å²) < 4.78 is 37.2. The second-order valence-electron chi connectivity index (χ2n) is 7.68. The molecule has 4 bridgehead atoms. The van der Waals surface area contributed by atoms with Crippen LogP contribution in [0.4, 0.5) is 13.2 Å². The van der Waals surface area contributed by atoms with Gasteiger partial charge < -0.3 is 5.32 Å². The fourth-order valence-electron chi connectivity index (χ4n) is 5.84. The van der Waals surface area contributed by atoms with E-state index < -0.39 is 12.6 Å². The molecule has 4 saturated carbocycles. The zero-order valence-corrected chi connectivity index (χ0v) is 13.0. The predicted molar refractivity (Wildman–Crippen MR) is 77.9 cm³/mol. The van der Waals surface area contributed by atoms with Crippen molar-refractivity contribution in [2.45, 2.75) is 70.5 Å². The minimum Gasteiger partial charge on any atom is -0.314 e. The second-order valence-corrected chi connectivity index (χ2v) is 7.68. The molecule has 0 spiro atoms. The molecule has 4 heteroatoms. The van der Waals surface area contributed by atoms with Crippen LogP contribution in [0.3, 0.4) is 0 Å². The standard InChI is InChI=1S/C17H28F3N/c1-2-21-15(4-3-5-17(18,19)20)16-13-7-11-6-12(9-13)10-14(16)8-11/h11-16,21H,2-10H2,1H3. The third kappa shape index (κ3) is 3.57. The Morgan fingerprint density at radius 1 is 1.00 bits per heavy atom. The van der Waals surface area contributed by atoms with E-state index >= 15 is 0 Å². The topological polar surface area (TPSA) is 12.0 Å². The third-order valence-corrected chi connectivity index (χ3v) is 6.21. The lowest BCUT2D eigenvalue weighted by Crippen LogP contribution is -2.53. The average molecular weight is 303 g/mol. The maximum Gasteiger partial charge on any atom is 0.389 e. The number of nitrogens with one attached hydrogen (secondary N) is 1. The van der Waals surface area contributed by atoms with Gasteiger partial charge in [0.05, 0.1) is 0 Å². The van der Waals surface area contributed by atoms with Crippen LogP contribution in [-0.4, -0.2) is 18.8 Å². The normalized spacial score (nSPS) is 39.7. The maximum atomic E-state index is 12.4. The van der Waals surface area contributed by atoms with E-state index in [1.165, 1.54) is 32.1 Å². The summed E-state index contributed by atoms with van der Waals surface area (Å²) in [4.78, 5) is 0. The molecule has 21 heavy (non-hydrogen) atoms. The highest BCUT2D eigenvalue weighted by molar-refractivity contribution is 5.01. The van der Waals surface area contributed by atoms with E-state index in [9.17, 15) is 13.2 Å². The van der Waals surface area contributed by atoms with E-state index in [1.54, 1.807) is 0 Å². The quantitative estimate of drug-likeness (QED) is 0.745. The molecule has 0 aromatic carbocycles. The van der Waals surface area contributed by atoms with E-state index in [-0.39, 0.29) is 6.42 Å². The van der Waals surface area contributed by atoms with E-state index in [0.29, 0.717) is 18.4 Å². The number of halogens is 3. The molecule has 122 valence electrons. The SMILES string of the molecule is CCNC(CCCC(F)(F)F)C1C2CC3CC(C2)CC1C3. The fraction of sp³-hybridized carbons (Fsp3) is 1.00. The lowest BCUT2D eigenvalue weighted by atomic mass is 9.50. The van der Waals surface area contributed by atoms with Crippen molar-refractivity contribution in [3.05, 3.63) is 0 Å². The molecule has 4 aliphatic carbocycles. The van der Waals surface area contributed by atoms with Crippen LogP contribution in [0.1, 0.15) is 58.3 Å². The first-order valence-electron chi connectivity index (χ1n) is 8.76. The van der Waals surface area contributed by atoms with Gasteiger partial charge in [0.2, 0.25) is 0 Å². The van der Waals surface area contributed by atoms with Gasteiger partial charge in [0.1, 0.15) is 0 Å². The van der Waals surface area contributed by atoms with Gasteiger partial charge in [0, 0.05) is 12.5 Å². The summed E-state index contributed by atoms with van der Waals surface area (Å²) in [6.45, 7) is 2.95. The summed E-state index contributed by atoms with van der Waals surface area (Å²) in [6, 6.07) is 0.312. The Morgan fingerprint density at radius 2 is 1.57 bits per heavy atom. The molecule has 4 fully saturated rings. The Kier molecular flexibility index (Phi) is 4.54. The van der Waals surface area contributed by atoms with Gasteiger partial charge in [-0.2, -0.15) is 13.2 Å². The Labute approximate surface area is 126 Å². The maximum absolute atomic E-state index is 12.4. The van der Waals surface area contributed by atoms with Crippen LogP contribution in [0.2, 0.25) is 0 Å². The molecule has 0 radical (unpaired) electrons. The Morgan fingerprint density at radius 3 is 2.05 bits per heavy atom. The molecule has 0 heterocycles. The summed E-state index contributed by atoms with van der Waals surface area (Å²) in [5.74, 6) is 4.08. The molecule has 0 aromatic rings. The lowest BCUT2D eigenvalue weighted by Gasteiger charge is -2.56. The second kappa shape index (κ2) is 6.10. The summed E-state index contributed by atoms with van der Waals surface area (Å²) in [7, 11) is 0. The highest BCUT2D eigenvalue weighted by Gasteiger charge is 2.50. The van der Waals surface area contributed by atoms with Crippen LogP contribution >= 0.6 is 0 Å². The van der Waals surface area contributed by atoms with Crippen LogP contribution in [-0.2, 0) is 0 Å². The van der Waals surface area contributed by atoms with Gasteiger partial charge in [0.25, 0.3) is 0 Å². The number of alkyl halides is 3. The number of rotatable bonds is 6. The number of hydrogen-bond donors (Lipinski definition) is 1. The van der Waals surface area contributed by atoms with Gasteiger partial charge >= 0.3 is 6.18 Å². The van der Waals surface area contributed by atoms with Crippen LogP contribution in [0.5, 0.6) is 0 Å². The van der Waals surface area contributed by atoms with E-state index in [0.717, 1.165) is 30.2 Å². The monoisotopic (exact) mass is 303 g/mol. The Hall–Kier alpha value is -0.250. The van der Waals surface area contributed by atoms with Gasteiger partial charge in [-0.3, -0.25) is 0 Å². The fourth-order valence-corrected chi connectivity index (χ4v) is 5.84. The zero-order chi connectivity index (χ0) is 15.0. The van der Waals surface area contributed by atoms with Crippen LogP contribution in [0, 0.1) is 29.6 Å². The third-order valence-electron chi connectivity index (χ3n) is 6.21. The van der Waals surface area contributed by atoms with Crippen molar-refractivity contribution < 1.29 is 13.2 Å². The molecular weight excluding hydrogens is 275 g/mol. The molecule has 0 amide bonds. The minimum atomic E-state index is -4.00. The molecule has 1 atom stereocenters. The van der Waals surface area contributed by atoms with Crippen molar-refractivity contribution in [1.29, 1.82) is 0 Å². The highest BCUT2D eigenvalue weighted by Crippen LogP contribution is 2.57. The molecule has 1 nitrogen and oxygen atoms in total. The smallest absolute Gasteiger partial charge is 0.314 e. The largest absolute Gasteiger partial charge is 0.389 e. The van der Waals surface area contributed by atoms with Crippen LogP contribution in [0.15, 0.2) is 0 Å². The Bertz CT molecular complexity index is 324. The summed E-state index contributed by atoms with van der Waals surface area (Å²) >= 11 is 0. The van der Waals surface area contributed by atoms with Crippen molar-refractivity contribution >= 4 is 0 Å². The van der Waals surface area contributed by atoms with E-state index in [1.807, 2.05) is 0 Å². The molecule has 1 unspecified atom stereocenters. The molecule has 4 aliphatic rings. The van der Waals surface area contributed by atoms with Crippen molar-refractivity contribution in [3.63, 3.8) is 0 Å². The first-order chi connectivity index (χ1) is 9.96. The molecule has 0 aromatic heterocycles. The van der Waals surface area contributed by atoms with Crippen molar-refractivity contribution in [2.75, 3.05) is 6.54 Å². The molecule has 4 rings (SSSR count). The number of hydrogen-bond acceptors (Lipinski definition) is 1. The van der Waals surface area contributed by atoms with Crippen molar-refractivity contribution in [3.8, 4) is 0 Å². The van der Waals surface area contributed by atoms with Gasteiger partial charge in [-0.1, -0.05) is 6.92 Å². The van der Waals surface area contributed by atoms with E-state index in [2.05, 4.69) is 12.2 Å². The first kappa shape index (κ1) is 15.6. The van der Waals surface area contributed by atoms with Crippen LogP contribution in [0.25, 0.3) is 0 Å². The lowest BCUT2D eigenvalue weighted by molar-refractivity contribution is -0.136. The van der Waals surface area contributed by atoms with E-state index in [4.69, 9.17) is 0 Å². The van der Waals surface area contributed by atoms with Crippen LogP contribution < -0.4 is 5.32 Å². The molecule has 0 aliphatic heterocycles. The van der Waals surface area contributed by atoms with Crippen molar-refractivity contribution in [2.24, 2.45) is 29.6 Å². The minimum absolute atomic E-state index is 0.282. The highest BCUT2D eigenvalue weighted by atomic mass is 19.4. The van der Waals surface area contributed by atoms with Gasteiger partial charge in [0.15, 0.2) is 0 Å². The van der Waals surface area contributed by atoms with Gasteiger partial charge in [-0.25, -0.2) is 0 Å². The summed E-state index contributed by atoms with van der Waals surface area (Å²) in [6.07, 6.45) is 3.17. The average Bonchev–Trinajstić information content (AvgIpc) is 2.35. The summed E-state index contributed by atoms with van der Waals surface area (Å²) in [5.41, 5.74) is 0. The zero-order valence-electron chi connectivity index (χ0n) is 13.0. The van der Waals surface area contributed by atoms with Crippen molar-refractivity contribution in [1.82, 2.24) is 5.32 Å². The van der Waals surface area contributed by atoms with Gasteiger partial charge in [-0.15, -0.1) is 0 Å². The summed E-state index contributed by atoms with van der Waals surface area (Å²) in [5, 5.41) is 3.53.